The summed E-state index contributed by atoms with van der Waals surface area (Å²) in [4.78, 5) is 38.4. The first-order valence-electron chi connectivity index (χ1n) is 13.0. The number of hydrogen-bond donors (Lipinski definition) is 2. The Balaban J connectivity index is 1.08. The van der Waals surface area contributed by atoms with Crippen molar-refractivity contribution in [3.05, 3.63) is 65.7 Å². The van der Waals surface area contributed by atoms with Crippen molar-refractivity contribution in [2.45, 2.75) is 55.4 Å². The zero-order valence-corrected chi connectivity index (χ0v) is 21.4. The van der Waals surface area contributed by atoms with Gasteiger partial charge in [0.25, 0.3) is 5.91 Å². The Hall–Kier alpha value is -2.80. The number of carbonyl (C=O) groups is 3. The quantitative estimate of drug-likeness (QED) is 0.369. The van der Waals surface area contributed by atoms with Crippen molar-refractivity contribution in [3.63, 3.8) is 0 Å². The molecule has 0 atom stereocenters. The summed E-state index contributed by atoms with van der Waals surface area (Å²) in [5.41, 5.74) is 1.49. The summed E-state index contributed by atoms with van der Waals surface area (Å²) in [6.45, 7) is 0.144. The molecule has 0 heterocycles. The second-order valence-electron chi connectivity index (χ2n) is 10.7. The van der Waals surface area contributed by atoms with Crippen molar-refractivity contribution in [3.8, 4) is 0 Å². The third-order valence-electron chi connectivity index (χ3n) is 7.82. The Bertz CT molecular complexity index is 1070. The minimum atomic E-state index is -0.558. The number of benzene rings is 2. The number of thioether (sulfide) groups is 1. The lowest BCUT2D eigenvalue weighted by atomic mass is 9.53. The lowest BCUT2D eigenvalue weighted by Crippen LogP contribution is -2.60. The summed E-state index contributed by atoms with van der Waals surface area (Å²) < 4.78 is 5.27. The predicted octanol–water partition coefficient (Wildman–Crippen LogP) is 4.38. The molecule has 2 aromatic carbocycles. The van der Waals surface area contributed by atoms with Crippen LogP contribution in [0.1, 0.15) is 54.4 Å². The van der Waals surface area contributed by atoms with E-state index in [0.717, 1.165) is 42.6 Å². The summed E-state index contributed by atoms with van der Waals surface area (Å²) in [6, 6.07) is 17.0. The summed E-state index contributed by atoms with van der Waals surface area (Å²) in [6.07, 6.45) is 8.08. The third-order valence-corrected chi connectivity index (χ3v) is 8.90. The van der Waals surface area contributed by atoms with E-state index in [2.05, 4.69) is 10.6 Å². The Morgan fingerprint density at radius 2 is 1.50 bits per heavy atom. The van der Waals surface area contributed by atoms with Crippen LogP contribution in [0.4, 0.5) is 0 Å². The molecule has 0 spiro atoms. The summed E-state index contributed by atoms with van der Waals surface area (Å²) in [5, 5.41) is 6.17. The molecular formula is C29H34N2O4S. The number of esters is 1. The van der Waals surface area contributed by atoms with Crippen molar-refractivity contribution in [1.82, 2.24) is 10.6 Å². The standard InChI is InChI=1S/C29H34N2O4S/c32-26(30-11-10-20-6-2-1-3-7-20)18-35-28(34)24-8-4-5-9-25(24)36-19-27(33)31-29-15-21-12-22(16-29)14-23(13-21)17-29/h1-9,21-23H,10-19H2,(H,30,32)(H,31,33). The molecule has 0 saturated heterocycles. The molecule has 2 N–H and O–H groups in total. The van der Waals surface area contributed by atoms with Gasteiger partial charge in [-0.3, -0.25) is 9.59 Å². The average molecular weight is 507 g/mol. The van der Waals surface area contributed by atoms with Gasteiger partial charge in [-0.1, -0.05) is 42.5 Å². The highest BCUT2D eigenvalue weighted by molar-refractivity contribution is 8.00. The average Bonchev–Trinajstić information content (AvgIpc) is 2.86. The second kappa shape index (κ2) is 11.1. The van der Waals surface area contributed by atoms with Crippen LogP contribution in [-0.4, -0.2) is 42.2 Å². The van der Waals surface area contributed by atoms with E-state index in [4.69, 9.17) is 4.74 Å². The van der Waals surface area contributed by atoms with Gasteiger partial charge in [-0.05, 0) is 80.4 Å². The summed E-state index contributed by atoms with van der Waals surface area (Å²) >= 11 is 1.34. The third kappa shape index (κ3) is 6.12. The summed E-state index contributed by atoms with van der Waals surface area (Å²) in [7, 11) is 0. The molecule has 4 bridgehead atoms. The SMILES string of the molecule is O=C(COC(=O)c1ccccc1SCC(=O)NC12CC3CC(CC(C3)C1)C2)NCCc1ccccc1. The maximum Gasteiger partial charge on any atom is 0.339 e. The minimum Gasteiger partial charge on any atom is -0.452 e. The van der Waals surface area contributed by atoms with Crippen LogP contribution < -0.4 is 10.6 Å². The molecule has 7 heteroatoms. The molecule has 36 heavy (non-hydrogen) atoms. The number of ether oxygens (including phenoxy) is 1. The molecule has 0 aromatic heterocycles. The number of hydrogen-bond acceptors (Lipinski definition) is 5. The molecule has 0 aliphatic heterocycles. The van der Waals surface area contributed by atoms with Gasteiger partial charge in [-0.2, -0.15) is 0 Å². The monoisotopic (exact) mass is 506 g/mol. The lowest BCUT2D eigenvalue weighted by Gasteiger charge is -2.56. The first-order valence-corrected chi connectivity index (χ1v) is 14.0. The number of carbonyl (C=O) groups excluding carboxylic acids is 3. The first-order chi connectivity index (χ1) is 17.5. The van der Waals surface area contributed by atoms with Crippen LogP contribution in [0.2, 0.25) is 0 Å². The van der Waals surface area contributed by atoms with Crippen LogP contribution in [0.25, 0.3) is 0 Å². The Labute approximate surface area is 216 Å². The molecule has 4 aliphatic rings. The molecule has 0 radical (unpaired) electrons. The van der Waals surface area contributed by atoms with Crippen molar-refractivity contribution in [2.24, 2.45) is 17.8 Å². The predicted molar refractivity (Wildman–Crippen MR) is 140 cm³/mol. The van der Waals surface area contributed by atoms with Gasteiger partial charge in [0.05, 0.1) is 11.3 Å². The van der Waals surface area contributed by atoms with Gasteiger partial charge in [0, 0.05) is 17.0 Å². The van der Waals surface area contributed by atoms with Crippen molar-refractivity contribution in [1.29, 1.82) is 0 Å². The van der Waals surface area contributed by atoms with Gasteiger partial charge in [0.2, 0.25) is 5.91 Å². The second-order valence-corrected chi connectivity index (χ2v) is 11.7. The van der Waals surface area contributed by atoms with E-state index in [9.17, 15) is 14.4 Å². The maximum atomic E-state index is 12.9. The minimum absolute atomic E-state index is 0.0152. The Morgan fingerprint density at radius 1 is 0.861 bits per heavy atom. The molecule has 190 valence electrons. The van der Waals surface area contributed by atoms with E-state index >= 15 is 0 Å². The van der Waals surface area contributed by atoms with Gasteiger partial charge in [-0.15, -0.1) is 11.8 Å². The topological polar surface area (TPSA) is 84.5 Å². The zero-order chi connectivity index (χ0) is 25.0. The van der Waals surface area contributed by atoms with Crippen LogP contribution in [0.15, 0.2) is 59.5 Å². The van der Waals surface area contributed by atoms with Crippen LogP contribution in [0.5, 0.6) is 0 Å². The Morgan fingerprint density at radius 3 is 2.19 bits per heavy atom. The molecule has 6 rings (SSSR count). The van der Waals surface area contributed by atoms with Gasteiger partial charge in [-0.25, -0.2) is 4.79 Å². The maximum absolute atomic E-state index is 12.9. The number of amides is 2. The molecule has 4 saturated carbocycles. The number of nitrogens with one attached hydrogen (secondary N) is 2. The normalized spacial score (nSPS) is 25.8. The summed E-state index contributed by atoms with van der Waals surface area (Å²) in [5.74, 6) is 1.72. The first kappa shape index (κ1) is 24.9. The van der Waals surface area contributed by atoms with Crippen LogP contribution in [-0.2, 0) is 20.7 Å². The largest absolute Gasteiger partial charge is 0.452 e. The molecule has 4 aliphatic carbocycles. The highest BCUT2D eigenvalue weighted by atomic mass is 32.2. The fourth-order valence-corrected chi connectivity index (χ4v) is 7.59. The molecule has 6 nitrogen and oxygen atoms in total. The fraction of sp³-hybridized carbons (Fsp3) is 0.483. The van der Waals surface area contributed by atoms with Gasteiger partial charge in [0.1, 0.15) is 0 Å². The van der Waals surface area contributed by atoms with Crippen molar-refractivity contribution in [2.75, 3.05) is 18.9 Å². The van der Waals surface area contributed by atoms with E-state index in [-0.39, 0.29) is 29.7 Å². The van der Waals surface area contributed by atoms with E-state index < -0.39 is 5.97 Å². The van der Waals surface area contributed by atoms with Crippen LogP contribution >= 0.6 is 11.8 Å². The zero-order valence-electron chi connectivity index (χ0n) is 20.5. The van der Waals surface area contributed by atoms with E-state index in [1.54, 1.807) is 12.1 Å². The van der Waals surface area contributed by atoms with E-state index in [0.29, 0.717) is 23.4 Å². The molecule has 4 fully saturated rings. The van der Waals surface area contributed by atoms with Crippen molar-refractivity contribution >= 4 is 29.5 Å². The van der Waals surface area contributed by atoms with Crippen molar-refractivity contribution < 1.29 is 19.1 Å². The molecule has 2 aromatic rings. The molecule has 2 amide bonds. The highest BCUT2D eigenvalue weighted by Crippen LogP contribution is 2.55. The smallest absolute Gasteiger partial charge is 0.339 e. The van der Waals surface area contributed by atoms with Gasteiger partial charge in [0.15, 0.2) is 6.61 Å². The van der Waals surface area contributed by atoms with Gasteiger partial charge >= 0.3 is 5.97 Å². The Kier molecular flexibility index (Phi) is 7.65. The molecule has 0 unspecified atom stereocenters. The van der Waals surface area contributed by atoms with Gasteiger partial charge < -0.3 is 15.4 Å². The lowest BCUT2D eigenvalue weighted by molar-refractivity contribution is -0.125. The van der Waals surface area contributed by atoms with Crippen LogP contribution in [0, 0.1) is 17.8 Å². The molecular weight excluding hydrogens is 472 g/mol. The van der Waals surface area contributed by atoms with E-state index in [1.165, 1.54) is 31.0 Å². The van der Waals surface area contributed by atoms with Crippen LogP contribution in [0.3, 0.4) is 0 Å². The number of rotatable bonds is 10. The fourth-order valence-electron chi connectivity index (χ4n) is 6.75. The van der Waals surface area contributed by atoms with E-state index in [1.807, 2.05) is 42.5 Å². The highest BCUT2D eigenvalue weighted by Gasteiger charge is 2.51.